The summed E-state index contributed by atoms with van der Waals surface area (Å²) in [5.41, 5.74) is 5.17. The van der Waals surface area contributed by atoms with Crippen LogP contribution in [0.3, 0.4) is 0 Å². The smallest absolute Gasteiger partial charge is 0.251 e. The third kappa shape index (κ3) is 4.22. The molecule has 1 aliphatic heterocycles. The van der Waals surface area contributed by atoms with Crippen LogP contribution in [0, 0.1) is 13.8 Å². The van der Waals surface area contributed by atoms with Gasteiger partial charge in [0.25, 0.3) is 5.91 Å². The summed E-state index contributed by atoms with van der Waals surface area (Å²) in [6, 6.07) is 12.6. The van der Waals surface area contributed by atoms with E-state index in [1.54, 1.807) is 18.9 Å². The Morgan fingerprint density at radius 3 is 2.44 bits per heavy atom. The molecule has 0 bridgehead atoms. The van der Waals surface area contributed by atoms with Gasteiger partial charge >= 0.3 is 0 Å². The van der Waals surface area contributed by atoms with Crippen molar-refractivity contribution in [3.05, 3.63) is 59.3 Å². The molecular formula is C24H26N4O4. The lowest BCUT2D eigenvalue weighted by Gasteiger charge is -2.11. The van der Waals surface area contributed by atoms with Crippen LogP contribution in [0.2, 0.25) is 0 Å². The fourth-order valence-corrected chi connectivity index (χ4v) is 4.05. The molecule has 2 aromatic carbocycles. The summed E-state index contributed by atoms with van der Waals surface area (Å²) in [6.07, 6.45) is -0.0258. The SMILES string of the molecule is COCc1nn2c(c1-c1ccc(OC)cc1)NC(=O)C2CC(=O)Nc1cc(C)cc(C)c1. The zero-order valence-electron chi connectivity index (χ0n) is 18.6. The lowest BCUT2D eigenvalue weighted by molar-refractivity contribution is -0.123. The molecule has 0 spiro atoms. The Hall–Kier alpha value is -3.65. The second-order valence-electron chi connectivity index (χ2n) is 7.91. The van der Waals surface area contributed by atoms with Crippen LogP contribution in [-0.4, -0.2) is 35.8 Å². The molecule has 0 saturated carbocycles. The maximum Gasteiger partial charge on any atom is 0.251 e. The van der Waals surface area contributed by atoms with E-state index in [2.05, 4.69) is 15.7 Å². The lowest BCUT2D eigenvalue weighted by Crippen LogP contribution is -2.24. The van der Waals surface area contributed by atoms with Gasteiger partial charge in [-0.1, -0.05) is 18.2 Å². The number of aryl methyl sites for hydroxylation is 2. The number of carbonyl (C=O) groups excluding carboxylic acids is 2. The van der Waals surface area contributed by atoms with E-state index < -0.39 is 6.04 Å². The number of rotatable bonds is 7. The molecule has 8 nitrogen and oxygen atoms in total. The first-order chi connectivity index (χ1) is 15.4. The van der Waals surface area contributed by atoms with Crippen molar-refractivity contribution >= 4 is 23.3 Å². The number of anilines is 2. The van der Waals surface area contributed by atoms with E-state index in [1.165, 1.54) is 0 Å². The van der Waals surface area contributed by atoms with Crippen LogP contribution < -0.4 is 15.4 Å². The van der Waals surface area contributed by atoms with E-state index in [1.807, 2.05) is 56.3 Å². The van der Waals surface area contributed by atoms with Crippen molar-refractivity contribution in [3.63, 3.8) is 0 Å². The van der Waals surface area contributed by atoms with Gasteiger partial charge in [-0.2, -0.15) is 5.10 Å². The Balaban J connectivity index is 1.62. The largest absolute Gasteiger partial charge is 0.497 e. The van der Waals surface area contributed by atoms with Crippen molar-refractivity contribution in [2.75, 3.05) is 24.9 Å². The van der Waals surface area contributed by atoms with Gasteiger partial charge < -0.3 is 20.1 Å². The number of hydrogen-bond donors (Lipinski definition) is 2. The monoisotopic (exact) mass is 434 g/mol. The highest BCUT2D eigenvalue weighted by atomic mass is 16.5. The van der Waals surface area contributed by atoms with E-state index >= 15 is 0 Å². The minimum Gasteiger partial charge on any atom is -0.497 e. The van der Waals surface area contributed by atoms with Crippen LogP contribution in [0.4, 0.5) is 11.5 Å². The van der Waals surface area contributed by atoms with Gasteiger partial charge in [0.2, 0.25) is 5.91 Å². The molecule has 1 aliphatic rings. The zero-order valence-corrected chi connectivity index (χ0v) is 18.6. The summed E-state index contributed by atoms with van der Waals surface area (Å²) in [6.45, 7) is 4.22. The Bertz CT molecular complexity index is 1150. The van der Waals surface area contributed by atoms with Crippen LogP contribution in [0.15, 0.2) is 42.5 Å². The van der Waals surface area contributed by atoms with Gasteiger partial charge in [0.15, 0.2) is 0 Å². The topological polar surface area (TPSA) is 94.5 Å². The van der Waals surface area contributed by atoms with Crippen LogP contribution in [0.25, 0.3) is 11.1 Å². The highest BCUT2D eigenvalue weighted by molar-refractivity contribution is 6.04. The number of ether oxygens (including phenoxy) is 2. The van der Waals surface area contributed by atoms with Crippen LogP contribution >= 0.6 is 0 Å². The predicted octanol–water partition coefficient (Wildman–Crippen LogP) is 3.84. The van der Waals surface area contributed by atoms with E-state index in [-0.39, 0.29) is 24.8 Å². The fraction of sp³-hybridized carbons (Fsp3) is 0.292. The molecule has 2 amide bonds. The molecular weight excluding hydrogens is 408 g/mol. The number of nitrogens with one attached hydrogen (secondary N) is 2. The number of hydrogen-bond acceptors (Lipinski definition) is 5. The van der Waals surface area contributed by atoms with Gasteiger partial charge in [0, 0.05) is 18.4 Å². The first-order valence-corrected chi connectivity index (χ1v) is 10.3. The van der Waals surface area contributed by atoms with Gasteiger partial charge in [0.1, 0.15) is 17.6 Å². The van der Waals surface area contributed by atoms with Crippen molar-refractivity contribution in [1.29, 1.82) is 0 Å². The van der Waals surface area contributed by atoms with Crippen LogP contribution in [0.1, 0.15) is 29.3 Å². The Kier molecular flexibility index (Phi) is 5.96. The number of methoxy groups -OCH3 is 2. The summed E-state index contributed by atoms with van der Waals surface area (Å²) in [5, 5.41) is 10.4. The number of amides is 2. The van der Waals surface area contributed by atoms with Crippen molar-refractivity contribution in [1.82, 2.24) is 9.78 Å². The summed E-state index contributed by atoms with van der Waals surface area (Å²) in [4.78, 5) is 25.5. The maximum atomic E-state index is 12.7. The normalized spacial score (nSPS) is 14.8. The summed E-state index contributed by atoms with van der Waals surface area (Å²) in [5.74, 6) is 0.784. The van der Waals surface area contributed by atoms with Gasteiger partial charge in [-0.15, -0.1) is 0 Å². The molecule has 1 atom stereocenters. The maximum absolute atomic E-state index is 12.7. The molecule has 4 rings (SSSR count). The number of benzene rings is 2. The molecule has 32 heavy (non-hydrogen) atoms. The number of carbonyl (C=O) groups is 2. The summed E-state index contributed by atoms with van der Waals surface area (Å²) in [7, 11) is 3.20. The van der Waals surface area contributed by atoms with Crippen molar-refractivity contribution in [3.8, 4) is 16.9 Å². The molecule has 3 aromatic rings. The predicted molar refractivity (Wildman–Crippen MR) is 122 cm³/mol. The zero-order chi connectivity index (χ0) is 22.8. The van der Waals surface area contributed by atoms with Crippen molar-refractivity contribution in [2.24, 2.45) is 0 Å². The Morgan fingerprint density at radius 1 is 1.12 bits per heavy atom. The first kappa shape index (κ1) is 21.6. The molecule has 1 unspecified atom stereocenters. The Morgan fingerprint density at radius 2 is 1.81 bits per heavy atom. The summed E-state index contributed by atoms with van der Waals surface area (Å²) >= 11 is 0. The van der Waals surface area contributed by atoms with E-state index in [0.717, 1.165) is 28.0 Å². The lowest BCUT2D eigenvalue weighted by atomic mass is 10.1. The minimum atomic E-state index is -0.737. The molecule has 166 valence electrons. The Labute approximate surface area is 186 Å². The van der Waals surface area contributed by atoms with E-state index in [9.17, 15) is 9.59 Å². The first-order valence-electron chi connectivity index (χ1n) is 10.3. The number of fused-ring (bicyclic) bond motifs is 1. The summed E-state index contributed by atoms with van der Waals surface area (Å²) < 4.78 is 12.2. The molecule has 2 N–H and O–H groups in total. The van der Waals surface area contributed by atoms with Crippen molar-refractivity contribution in [2.45, 2.75) is 32.9 Å². The quantitative estimate of drug-likeness (QED) is 0.589. The van der Waals surface area contributed by atoms with E-state index in [4.69, 9.17) is 9.47 Å². The molecule has 1 aromatic heterocycles. The standard InChI is InChI=1S/C24H26N4O4/c1-14-9-15(2)11-17(10-14)25-21(29)12-20-24(30)26-23-22(19(13-31-3)27-28(20)23)16-5-7-18(32-4)8-6-16/h5-11,20H,12-13H2,1-4H3,(H,25,29)(H,26,30). The van der Waals surface area contributed by atoms with Crippen molar-refractivity contribution < 1.29 is 19.1 Å². The third-order valence-corrected chi connectivity index (χ3v) is 5.37. The molecule has 0 aliphatic carbocycles. The molecule has 0 saturated heterocycles. The van der Waals surface area contributed by atoms with Gasteiger partial charge in [-0.3, -0.25) is 9.59 Å². The average molecular weight is 434 g/mol. The van der Waals surface area contributed by atoms with Gasteiger partial charge in [-0.05, 0) is 54.8 Å². The molecule has 2 heterocycles. The second-order valence-corrected chi connectivity index (χ2v) is 7.91. The third-order valence-electron chi connectivity index (χ3n) is 5.37. The van der Waals surface area contributed by atoms with Gasteiger partial charge in [0.05, 0.1) is 25.8 Å². The van der Waals surface area contributed by atoms with Crippen LogP contribution in [-0.2, 0) is 20.9 Å². The minimum absolute atomic E-state index is 0.0258. The average Bonchev–Trinajstić information content (AvgIpc) is 3.22. The molecule has 0 radical (unpaired) electrons. The van der Waals surface area contributed by atoms with Crippen LogP contribution in [0.5, 0.6) is 5.75 Å². The molecule has 8 heteroatoms. The highest BCUT2D eigenvalue weighted by Gasteiger charge is 2.37. The highest BCUT2D eigenvalue weighted by Crippen LogP contribution is 2.39. The molecule has 0 fully saturated rings. The second kappa shape index (κ2) is 8.84. The fourth-order valence-electron chi connectivity index (χ4n) is 4.05. The van der Waals surface area contributed by atoms with E-state index in [0.29, 0.717) is 17.2 Å². The number of nitrogens with zero attached hydrogens (tertiary/aromatic N) is 2. The van der Waals surface area contributed by atoms with Gasteiger partial charge in [-0.25, -0.2) is 4.68 Å². The number of aromatic nitrogens is 2.